The predicted octanol–water partition coefficient (Wildman–Crippen LogP) is 1.02. The van der Waals surface area contributed by atoms with Crippen LogP contribution < -0.4 is 5.59 Å². The molecule has 82 valence electrons. The molecule has 0 bridgehead atoms. The summed E-state index contributed by atoms with van der Waals surface area (Å²) in [6.07, 6.45) is 1.45. The lowest BCUT2D eigenvalue weighted by atomic mass is 9.86. The number of hydrogen-bond donors (Lipinski definition) is 1. The smallest absolute Gasteiger partial charge is 0.398 e. The van der Waals surface area contributed by atoms with E-state index in [0.717, 1.165) is 0 Å². The highest BCUT2D eigenvalue weighted by atomic mass is 16.7. The first-order chi connectivity index (χ1) is 8.03. The molecular weight excluding hydrogens is 191 g/mol. The zero-order valence-corrected chi connectivity index (χ0v) is 9.42. The van der Waals surface area contributed by atoms with Crippen LogP contribution >= 0.6 is 0 Å². The van der Waals surface area contributed by atoms with Gasteiger partial charge in [0.1, 0.15) is 5.82 Å². The van der Waals surface area contributed by atoms with Gasteiger partial charge in [-0.3, -0.25) is 0 Å². The molecule has 1 fully saturated rings. The van der Waals surface area contributed by atoms with Crippen molar-refractivity contribution in [2.75, 3.05) is 0 Å². The van der Waals surface area contributed by atoms with E-state index in [9.17, 15) is 0 Å². The van der Waals surface area contributed by atoms with Crippen molar-refractivity contribution in [3.8, 4) is 0 Å². The summed E-state index contributed by atoms with van der Waals surface area (Å²) in [7, 11) is -0.612. The molecule has 0 aromatic carbocycles. The monoisotopic (exact) mass is 211 g/mol. The van der Waals surface area contributed by atoms with Crippen LogP contribution in [-0.4, -0.2) is 28.3 Å². The van der Waals surface area contributed by atoms with Crippen molar-refractivity contribution >= 4 is 12.7 Å². The lowest BCUT2D eigenvalue weighted by Gasteiger charge is -2.32. The summed E-state index contributed by atoms with van der Waals surface area (Å²) in [4.78, 5) is 6.60. The van der Waals surface area contributed by atoms with Crippen molar-refractivity contribution in [1.29, 1.82) is 0 Å². The minimum atomic E-state index is -2.25. The second kappa shape index (κ2) is 3.09. The Hall–Kier alpha value is -0.805. The molecule has 0 radical (unpaired) electrons. The molecule has 0 atom stereocenters. The molecule has 1 N–H and O–H groups in total. The zero-order chi connectivity index (χ0) is 13.8. The molecule has 1 aliphatic heterocycles. The number of aromatic amines is 1. The van der Waals surface area contributed by atoms with Crippen molar-refractivity contribution in [2.45, 2.75) is 45.7 Å². The molecule has 2 rings (SSSR count). The fraction of sp³-hybridized carbons (Fsp3) is 0.700. The second-order valence-electron chi connectivity index (χ2n) is 4.78. The van der Waals surface area contributed by atoms with Crippen LogP contribution in [0.15, 0.2) is 6.20 Å². The fourth-order valence-corrected chi connectivity index (χ4v) is 1.43. The molecule has 1 saturated heterocycles. The number of imidazole rings is 1. The molecule has 15 heavy (non-hydrogen) atoms. The Kier molecular flexibility index (Phi) is 1.54. The van der Waals surface area contributed by atoms with Gasteiger partial charge in [0, 0.05) is 10.3 Å². The van der Waals surface area contributed by atoms with Crippen LogP contribution in [0.4, 0.5) is 0 Å². The molecule has 4 nitrogen and oxygen atoms in total. The van der Waals surface area contributed by atoms with Gasteiger partial charge >= 0.3 is 7.12 Å². The largest absolute Gasteiger partial charge is 0.513 e. The first-order valence-electron chi connectivity index (χ1n) is 6.44. The van der Waals surface area contributed by atoms with Crippen LogP contribution in [-0.2, 0) is 9.31 Å². The first kappa shape index (κ1) is 7.47. The van der Waals surface area contributed by atoms with Gasteiger partial charge in [-0.25, -0.2) is 4.98 Å². The third-order valence-corrected chi connectivity index (χ3v) is 3.10. The number of aryl methyl sites for hydroxylation is 1. The second-order valence-corrected chi connectivity index (χ2v) is 4.78. The van der Waals surface area contributed by atoms with Gasteiger partial charge in [0.25, 0.3) is 0 Å². The fourth-order valence-electron chi connectivity index (χ4n) is 1.43. The van der Waals surface area contributed by atoms with E-state index in [1.165, 1.54) is 6.20 Å². The van der Waals surface area contributed by atoms with Gasteiger partial charge in [-0.15, -0.1) is 0 Å². The topological polar surface area (TPSA) is 47.1 Å². The van der Waals surface area contributed by atoms with E-state index < -0.39 is 25.2 Å². The molecule has 2 heterocycles. The van der Waals surface area contributed by atoms with E-state index in [-0.39, 0.29) is 5.82 Å². The summed E-state index contributed by atoms with van der Waals surface area (Å²) in [5.74, 6) is -0.0489. The molecular formula is C10H17BN2O2. The van der Waals surface area contributed by atoms with E-state index in [1.807, 2.05) is 27.7 Å². The Bertz CT molecular complexity index is 440. The average molecular weight is 211 g/mol. The summed E-state index contributed by atoms with van der Waals surface area (Å²) in [5, 5.41) is 0. The minimum absolute atomic E-state index is 0.0489. The Balaban J connectivity index is 2.23. The SMILES string of the molecule is [2H]C([2H])([2H])c1ncc(B2OC(C)(C)C(C)(C)O2)[nH]1. The lowest BCUT2D eigenvalue weighted by molar-refractivity contribution is 0.00578. The van der Waals surface area contributed by atoms with Crippen molar-refractivity contribution in [1.82, 2.24) is 9.97 Å². The van der Waals surface area contributed by atoms with Crippen molar-refractivity contribution < 1.29 is 13.4 Å². The maximum atomic E-state index is 7.27. The van der Waals surface area contributed by atoms with E-state index in [1.54, 1.807) is 0 Å². The highest BCUT2D eigenvalue weighted by molar-refractivity contribution is 6.61. The average Bonchev–Trinajstić information content (AvgIpc) is 2.69. The highest BCUT2D eigenvalue weighted by Gasteiger charge is 2.52. The standard InChI is InChI=1S/C10H17BN2O2/c1-7-12-6-8(13-7)11-14-9(2,3)10(4,5)15-11/h6H,1-5H3,(H,12,13)/i1D3. The first-order valence-corrected chi connectivity index (χ1v) is 4.94. The lowest BCUT2D eigenvalue weighted by Crippen LogP contribution is -2.41. The maximum Gasteiger partial charge on any atom is 0.513 e. The number of H-pyrrole nitrogens is 1. The zero-order valence-electron chi connectivity index (χ0n) is 12.4. The Morgan fingerprint density at radius 1 is 1.33 bits per heavy atom. The van der Waals surface area contributed by atoms with Crippen molar-refractivity contribution in [2.24, 2.45) is 0 Å². The van der Waals surface area contributed by atoms with Gasteiger partial charge < -0.3 is 14.3 Å². The van der Waals surface area contributed by atoms with Crippen molar-refractivity contribution in [3.63, 3.8) is 0 Å². The third kappa shape index (κ3) is 1.70. The number of nitrogens with one attached hydrogen (secondary N) is 1. The minimum Gasteiger partial charge on any atom is -0.398 e. The molecule has 1 aromatic rings. The predicted molar refractivity (Wildman–Crippen MR) is 59.0 cm³/mol. The summed E-state index contributed by atoms with van der Waals surface area (Å²) in [6, 6.07) is 0. The van der Waals surface area contributed by atoms with Gasteiger partial charge in [0.2, 0.25) is 0 Å². The van der Waals surface area contributed by atoms with Gasteiger partial charge in [-0.05, 0) is 34.5 Å². The quantitative estimate of drug-likeness (QED) is 0.705. The van der Waals surface area contributed by atoms with Crippen LogP contribution in [0.25, 0.3) is 0 Å². The third-order valence-electron chi connectivity index (χ3n) is 3.10. The van der Waals surface area contributed by atoms with Gasteiger partial charge in [-0.1, -0.05) is 0 Å². The van der Waals surface area contributed by atoms with Gasteiger partial charge in [-0.2, -0.15) is 0 Å². The van der Waals surface area contributed by atoms with Crippen LogP contribution in [0.3, 0.4) is 0 Å². The van der Waals surface area contributed by atoms with E-state index in [4.69, 9.17) is 13.4 Å². The Morgan fingerprint density at radius 2 is 1.93 bits per heavy atom. The molecule has 0 amide bonds. The van der Waals surface area contributed by atoms with Gasteiger partial charge in [0.15, 0.2) is 0 Å². The molecule has 5 heteroatoms. The van der Waals surface area contributed by atoms with Crippen LogP contribution in [0, 0.1) is 6.85 Å². The molecule has 0 spiro atoms. The van der Waals surface area contributed by atoms with Gasteiger partial charge in [0.05, 0.1) is 16.8 Å². The van der Waals surface area contributed by atoms with E-state index in [0.29, 0.717) is 5.59 Å². The maximum absolute atomic E-state index is 7.27. The van der Waals surface area contributed by atoms with Crippen LogP contribution in [0.1, 0.15) is 37.6 Å². The highest BCUT2D eigenvalue weighted by Crippen LogP contribution is 2.36. The number of nitrogens with zero attached hydrogens (tertiary/aromatic N) is 1. The number of aromatic nitrogens is 2. The summed E-state index contributed by atoms with van der Waals surface area (Å²) < 4.78 is 33.4. The Morgan fingerprint density at radius 3 is 2.40 bits per heavy atom. The molecule has 0 unspecified atom stereocenters. The molecule has 1 aromatic heterocycles. The Labute approximate surface area is 94.7 Å². The summed E-state index contributed by atoms with van der Waals surface area (Å²) in [5.41, 5.74) is -0.383. The molecule has 0 saturated carbocycles. The molecule has 1 aliphatic rings. The van der Waals surface area contributed by atoms with E-state index in [2.05, 4.69) is 9.97 Å². The summed E-state index contributed by atoms with van der Waals surface area (Å²) >= 11 is 0. The van der Waals surface area contributed by atoms with Crippen LogP contribution in [0.2, 0.25) is 0 Å². The van der Waals surface area contributed by atoms with E-state index >= 15 is 0 Å². The number of hydrogen-bond acceptors (Lipinski definition) is 3. The number of rotatable bonds is 1. The van der Waals surface area contributed by atoms with Crippen LogP contribution in [0.5, 0.6) is 0 Å². The molecule has 0 aliphatic carbocycles. The summed E-state index contributed by atoms with van der Waals surface area (Å²) in [6.45, 7) is 5.51. The van der Waals surface area contributed by atoms with Crippen molar-refractivity contribution in [3.05, 3.63) is 12.0 Å². The normalized spacial score (nSPS) is 27.2.